The van der Waals surface area contributed by atoms with E-state index >= 15 is 0 Å². The van der Waals surface area contributed by atoms with E-state index in [-0.39, 0.29) is 5.97 Å². The van der Waals surface area contributed by atoms with Gasteiger partial charge < -0.3 is 9.30 Å². The van der Waals surface area contributed by atoms with Crippen molar-refractivity contribution in [3.8, 4) is 5.69 Å². The van der Waals surface area contributed by atoms with Crippen molar-refractivity contribution in [2.75, 3.05) is 6.61 Å². The fraction of sp³-hybridized carbons (Fsp3) is 0.160. The molecule has 0 bridgehead atoms. The minimum atomic E-state index is -0.304. The summed E-state index contributed by atoms with van der Waals surface area (Å²) in [6.07, 6.45) is 3.67. The Labute approximate surface area is 175 Å². The van der Waals surface area contributed by atoms with Gasteiger partial charge >= 0.3 is 5.97 Å². The van der Waals surface area contributed by atoms with Crippen LogP contribution in [-0.2, 0) is 4.74 Å². The number of ether oxygens (including phenoxy) is 1. The van der Waals surface area contributed by atoms with E-state index in [1.807, 2.05) is 48.7 Å². The molecule has 2 heterocycles. The van der Waals surface area contributed by atoms with E-state index in [1.54, 1.807) is 25.3 Å². The van der Waals surface area contributed by atoms with Gasteiger partial charge in [-0.2, -0.15) is 0 Å². The molecule has 5 heteroatoms. The van der Waals surface area contributed by atoms with Gasteiger partial charge in [0, 0.05) is 40.4 Å². The monoisotopic (exact) mass is 397 g/mol. The molecule has 0 radical (unpaired) electrons. The Hall–Kier alpha value is -3.73. The lowest BCUT2D eigenvalue weighted by Gasteiger charge is -2.10. The van der Waals surface area contributed by atoms with E-state index in [1.165, 1.54) is 0 Å². The number of aliphatic imine (C=N–C) groups is 1. The largest absolute Gasteiger partial charge is 0.462 e. The normalized spacial score (nSPS) is 11.3. The summed E-state index contributed by atoms with van der Waals surface area (Å²) >= 11 is 0. The minimum Gasteiger partial charge on any atom is -0.462 e. The average Bonchev–Trinajstić information content (AvgIpc) is 3.05. The fourth-order valence-electron chi connectivity index (χ4n) is 3.61. The Kier molecular flexibility index (Phi) is 5.44. The topological polar surface area (TPSA) is 56.5 Å². The highest BCUT2D eigenvalue weighted by atomic mass is 16.5. The van der Waals surface area contributed by atoms with Crippen molar-refractivity contribution in [1.29, 1.82) is 0 Å². The first kappa shape index (κ1) is 19.6. The number of nitrogens with zero attached hydrogens (tertiary/aromatic N) is 3. The molecule has 0 saturated carbocycles. The Balaban J connectivity index is 1.65. The second-order valence-corrected chi connectivity index (χ2v) is 7.04. The van der Waals surface area contributed by atoms with E-state index in [0.29, 0.717) is 12.2 Å². The van der Waals surface area contributed by atoms with Gasteiger partial charge in [-0.25, -0.2) is 4.79 Å². The molecular formula is C25H23N3O2. The Morgan fingerprint density at radius 2 is 1.87 bits per heavy atom. The number of aryl methyl sites for hydroxylation is 1. The third-order valence-corrected chi connectivity index (χ3v) is 5.06. The predicted molar refractivity (Wildman–Crippen MR) is 120 cm³/mol. The maximum Gasteiger partial charge on any atom is 0.338 e. The van der Waals surface area contributed by atoms with Crippen LogP contribution in [-0.4, -0.2) is 28.3 Å². The van der Waals surface area contributed by atoms with Crippen LogP contribution in [0.1, 0.15) is 34.2 Å². The van der Waals surface area contributed by atoms with Crippen LogP contribution in [0.5, 0.6) is 0 Å². The van der Waals surface area contributed by atoms with Gasteiger partial charge in [0.05, 0.1) is 23.4 Å². The Morgan fingerprint density at radius 3 is 2.63 bits per heavy atom. The van der Waals surface area contributed by atoms with Crippen LogP contribution < -0.4 is 0 Å². The first-order chi connectivity index (χ1) is 14.6. The maximum atomic E-state index is 11.9. The van der Waals surface area contributed by atoms with Gasteiger partial charge in [0.15, 0.2) is 0 Å². The van der Waals surface area contributed by atoms with Gasteiger partial charge in [-0.1, -0.05) is 18.2 Å². The molecule has 0 aliphatic carbocycles. The zero-order chi connectivity index (χ0) is 21.1. The summed E-state index contributed by atoms with van der Waals surface area (Å²) in [6, 6.07) is 19.5. The average molecular weight is 397 g/mol. The zero-order valence-corrected chi connectivity index (χ0v) is 17.3. The number of carbonyl (C=O) groups is 1. The summed E-state index contributed by atoms with van der Waals surface area (Å²) in [5.41, 5.74) is 6.48. The van der Waals surface area contributed by atoms with E-state index in [2.05, 4.69) is 29.5 Å². The zero-order valence-electron chi connectivity index (χ0n) is 17.3. The lowest BCUT2D eigenvalue weighted by atomic mass is 10.2. The van der Waals surface area contributed by atoms with E-state index in [9.17, 15) is 4.79 Å². The van der Waals surface area contributed by atoms with E-state index in [0.717, 1.165) is 39.2 Å². The van der Waals surface area contributed by atoms with Crippen LogP contribution >= 0.6 is 0 Å². The molecule has 2 aromatic heterocycles. The van der Waals surface area contributed by atoms with Crippen molar-refractivity contribution in [2.24, 2.45) is 4.99 Å². The van der Waals surface area contributed by atoms with Gasteiger partial charge in [-0.3, -0.25) is 9.98 Å². The number of hydrogen-bond acceptors (Lipinski definition) is 4. The molecule has 4 rings (SSSR count). The molecule has 0 fully saturated rings. The third-order valence-electron chi connectivity index (χ3n) is 5.06. The predicted octanol–water partition coefficient (Wildman–Crippen LogP) is 5.57. The number of fused-ring (bicyclic) bond motifs is 1. The molecule has 0 saturated heterocycles. The molecule has 150 valence electrons. The number of hydrogen-bond donors (Lipinski definition) is 0. The van der Waals surface area contributed by atoms with Gasteiger partial charge in [0.25, 0.3) is 0 Å². The quantitative estimate of drug-likeness (QED) is 0.327. The Morgan fingerprint density at radius 1 is 1.10 bits per heavy atom. The van der Waals surface area contributed by atoms with Crippen molar-refractivity contribution < 1.29 is 9.53 Å². The number of pyridine rings is 1. The van der Waals surface area contributed by atoms with Crippen molar-refractivity contribution >= 4 is 28.8 Å². The highest BCUT2D eigenvalue weighted by molar-refractivity contribution is 5.93. The lowest BCUT2D eigenvalue weighted by Crippen LogP contribution is -2.05. The summed E-state index contributed by atoms with van der Waals surface area (Å²) in [5.74, 6) is -0.304. The van der Waals surface area contributed by atoms with Gasteiger partial charge in [-0.15, -0.1) is 0 Å². The number of aromatic nitrogens is 2. The molecule has 0 atom stereocenters. The second kappa shape index (κ2) is 8.33. The molecule has 30 heavy (non-hydrogen) atoms. The summed E-state index contributed by atoms with van der Waals surface area (Å²) in [5, 5.41) is 1.07. The van der Waals surface area contributed by atoms with Crippen LogP contribution in [0, 0.1) is 13.8 Å². The maximum absolute atomic E-state index is 11.9. The number of rotatable bonds is 5. The fourth-order valence-corrected chi connectivity index (χ4v) is 3.61. The summed E-state index contributed by atoms with van der Waals surface area (Å²) < 4.78 is 7.21. The van der Waals surface area contributed by atoms with Crippen LogP contribution in [0.4, 0.5) is 5.69 Å². The standard InChI is InChI=1S/C25H23N3O2/c1-4-30-25(29)20-10-12-22(13-11-20)28-17(2)15-21(18(28)3)16-27-23-9-5-7-19-8-6-14-26-24(19)23/h5-16H,4H2,1-3H3. The first-order valence-corrected chi connectivity index (χ1v) is 9.93. The van der Waals surface area contributed by atoms with Crippen molar-refractivity contribution in [3.05, 3.63) is 89.4 Å². The second-order valence-electron chi connectivity index (χ2n) is 7.04. The number of benzene rings is 2. The van der Waals surface area contributed by atoms with Gasteiger partial charge in [0.1, 0.15) is 0 Å². The minimum absolute atomic E-state index is 0.304. The molecule has 0 aliphatic heterocycles. The van der Waals surface area contributed by atoms with Gasteiger partial charge in [0.2, 0.25) is 0 Å². The smallest absolute Gasteiger partial charge is 0.338 e. The number of carbonyl (C=O) groups excluding carboxylic acids is 1. The van der Waals surface area contributed by atoms with E-state index in [4.69, 9.17) is 9.73 Å². The van der Waals surface area contributed by atoms with Crippen LogP contribution in [0.2, 0.25) is 0 Å². The van der Waals surface area contributed by atoms with Crippen LogP contribution in [0.15, 0.2) is 71.9 Å². The molecule has 2 aromatic carbocycles. The van der Waals surface area contributed by atoms with Crippen molar-refractivity contribution in [3.63, 3.8) is 0 Å². The molecule has 0 spiro atoms. The molecule has 0 aliphatic rings. The van der Waals surface area contributed by atoms with E-state index < -0.39 is 0 Å². The summed E-state index contributed by atoms with van der Waals surface area (Å²) in [7, 11) is 0. The van der Waals surface area contributed by atoms with Gasteiger partial charge in [-0.05, 0) is 63.2 Å². The van der Waals surface area contributed by atoms with Crippen LogP contribution in [0.3, 0.4) is 0 Å². The van der Waals surface area contributed by atoms with Crippen molar-refractivity contribution in [2.45, 2.75) is 20.8 Å². The first-order valence-electron chi connectivity index (χ1n) is 9.93. The Bertz CT molecular complexity index is 1230. The van der Waals surface area contributed by atoms with Crippen molar-refractivity contribution in [1.82, 2.24) is 9.55 Å². The molecule has 0 unspecified atom stereocenters. The third kappa shape index (κ3) is 3.74. The molecule has 4 aromatic rings. The summed E-state index contributed by atoms with van der Waals surface area (Å²) in [6.45, 7) is 6.29. The number of esters is 1. The highest BCUT2D eigenvalue weighted by Crippen LogP contribution is 2.25. The molecular weight excluding hydrogens is 374 g/mol. The highest BCUT2D eigenvalue weighted by Gasteiger charge is 2.11. The SMILES string of the molecule is CCOC(=O)c1ccc(-n2c(C)cc(C=Nc3cccc4cccnc34)c2C)cc1. The molecule has 0 amide bonds. The molecule has 0 N–H and O–H groups in total. The summed E-state index contributed by atoms with van der Waals surface area (Å²) in [4.78, 5) is 21.1. The lowest BCUT2D eigenvalue weighted by molar-refractivity contribution is 0.0526. The van der Waals surface area contributed by atoms with Crippen LogP contribution in [0.25, 0.3) is 16.6 Å². The number of para-hydroxylation sites is 1. The molecule has 5 nitrogen and oxygen atoms in total.